The van der Waals surface area contributed by atoms with E-state index in [1.54, 1.807) is 7.11 Å². The Morgan fingerprint density at radius 1 is 1.39 bits per heavy atom. The van der Waals surface area contributed by atoms with Crippen LogP contribution in [-0.2, 0) is 6.42 Å². The predicted molar refractivity (Wildman–Crippen MR) is 74.4 cm³/mol. The minimum atomic E-state index is -0.712. The molecule has 0 amide bonds. The Bertz CT molecular complexity index is 435. The Morgan fingerprint density at radius 2 is 2.06 bits per heavy atom. The smallest absolute Gasteiger partial charge is 0.119 e. The van der Waals surface area contributed by atoms with E-state index in [4.69, 9.17) is 4.74 Å². The van der Waals surface area contributed by atoms with E-state index in [-0.39, 0.29) is 6.04 Å². The van der Waals surface area contributed by atoms with Crippen LogP contribution in [-0.4, -0.2) is 29.9 Å². The fourth-order valence-corrected chi connectivity index (χ4v) is 2.81. The number of hydrogen-bond donors (Lipinski definition) is 1. The minimum absolute atomic E-state index is 0.125. The van der Waals surface area contributed by atoms with Crippen LogP contribution in [0.4, 0.5) is 5.69 Å². The van der Waals surface area contributed by atoms with E-state index in [9.17, 15) is 5.11 Å². The van der Waals surface area contributed by atoms with Gasteiger partial charge in [-0.2, -0.15) is 0 Å². The van der Waals surface area contributed by atoms with Gasteiger partial charge in [0.2, 0.25) is 0 Å². The van der Waals surface area contributed by atoms with Crippen LogP contribution in [0.3, 0.4) is 0 Å². The van der Waals surface area contributed by atoms with Gasteiger partial charge in [-0.25, -0.2) is 0 Å². The van der Waals surface area contributed by atoms with Crippen LogP contribution in [0.2, 0.25) is 0 Å². The zero-order valence-corrected chi connectivity index (χ0v) is 11.9. The minimum Gasteiger partial charge on any atom is -0.497 e. The van der Waals surface area contributed by atoms with Crippen LogP contribution in [0, 0.1) is 0 Å². The molecule has 1 atom stereocenters. The summed E-state index contributed by atoms with van der Waals surface area (Å²) >= 11 is 0. The van der Waals surface area contributed by atoms with Crippen LogP contribution >= 0.6 is 0 Å². The normalized spacial score (nSPS) is 19.3. The lowest BCUT2D eigenvalue weighted by atomic mass is 9.94. The molecule has 2 rings (SSSR count). The van der Waals surface area contributed by atoms with Crippen LogP contribution in [0.1, 0.15) is 33.3 Å². The van der Waals surface area contributed by atoms with Gasteiger partial charge < -0.3 is 14.7 Å². The van der Waals surface area contributed by atoms with Gasteiger partial charge in [-0.15, -0.1) is 0 Å². The molecular weight excluding hydrogens is 226 g/mol. The van der Waals surface area contributed by atoms with Crippen molar-refractivity contribution >= 4 is 5.69 Å². The molecule has 0 radical (unpaired) electrons. The molecule has 0 saturated heterocycles. The van der Waals surface area contributed by atoms with Crippen molar-refractivity contribution < 1.29 is 9.84 Å². The molecule has 1 aliphatic heterocycles. The number of fused-ring (bicyclic) bond motifs is 1. The molecule has 3 heteroatoms. The highest BCUT2D eigenvalue weighted by molar-refractivity contribution is 5.62. The van der Waals surface area contributed by atoms with Crippen LogP contribution in [0.25, 0.3) is 0 Å². The zero-order valence-electron chi connectivity index (χ0n) is 11.9. The van der Waals surface area contributed by atoms with Crippen molar-refractivity contribution in [2.45, 2.75) is 51.8 Å². The van der Waals surface area contributed by atoms with E-state index in [0.717, 1.165) is 12.2 Å². The summed E-state index contributed by atoms with van der Waals surface area (Å²) in [7, 11) is 1.68. The molecule has 0 aliphatic carbocycles. The molecule has 1 unspecified atom stereocenters. The third kappa shape index (κ3) is 2.19. The number of anilines is 1. The van der Waals surface area contributed by atoms with E-state index >= 15 is 0 Å². The molecule has 1 aromatic rings. The number of methoxy groups -OCH3 is 1. The summed E-state index contributed by atoms with van der Waals surface area (Å²) in [5.74, 6) is 0.883. The monoisotopic (exact) mass is 249 g/mol. The molecular formula is C15H23NO2. The number of benzene rings is 1. The Balaban J connectivity index is 2.43. The summed E-state index contributed by atoms with van der Waals surface area (Å²) in [6.45, 7) is 8.10. The summed E-state index contributed by atoms with van der Waals surface area (Å²) in [5, 5.41) is 10.4. The topological polar surface area (TPSA) is 32.7 Å². The molecule has 0 aromatic heterocycles. The average Bonchev–Trinajstić information content (AvgIpc) is 2.66. The maximum atomic E-state index is 10.4. The number of ether oxygens (including phenoxy) is 1. The molecule has 0 fully saturated rings. The second kappa shape index (κ2) is 4.47. The first-order valence-electron chi connectivity index (χ1n) is 6.52. The van der Waals surface area contributed by atoms with Gasteiger partial charge in [0, 0.05) is 11.7 Å². The number of hydrogen-bond acceptors (Lipinski definition) is 3. The highest BCUT2D eigenvalue weighted by Crippen LogP contribution is 2.39. The van der Waals surface area contributed by atoms with Crippen LogP contribution < -0.4 is 9.64 Å². The molecule has 1 aliphatic rings. The first-order valence-corrected chi connectivity index (χ1v) is 6.52. The molecule has 1 N–H and O–H groups in total. The van der Waals surface area contributed by atoms with E-state index in [0.29, 0.717) is 6.04 Å². The Labute approximate surface area is 109 Å². The first-order chi connectivity index (χ1) is 8.34. The van der Waals surface area contributed by atoms with Gasteiger partial charge in [0.05, 0.1) is 18.8 Å². The van der Waals surface area contributed by atoms with Crippen molar-refractivity contribution in [3.05, 3.63) is 23.8 Å². The van der Waals surface area contributed by atoms with Gasteiger partial charge in [0.15, 0.2) is 0 Å². The molecule has 3 nitrogen and oxygen atoms in total. The van der Waals surface area contributed by atoms with E-state index in [1.807, 2.05) is 19.9 Å². The lowest BCUT2D eigenvalue weighted by Crippen LogP contribution is -2.50. The summed E-state index contributed by atoms with van der Waals surface area (Å²) in [6, 6.07) is 6.66. The standard InChI is InChI=1S/C15H23NO2/c1-10(2)16-13-7-6-12(18-5)8-11(13)9-14(16)15(3,4)17/h6-8,10,14,17H,9H2,1-5H3. The molecule has 1 heterocycles. The molecule has 0 bridgehead atoms. The van der Waals surface area contributed by atoms with Crippen molar-refractivity contribution in [1.29, 1.82) is 0 Å². The summed E-state index contributed by atoms with van der Waals surface area (Å²) < 4.78 is 5.28. The third-order valence-corrected chi connectivity index (χ3v) is 3.69. The van der Waals surface area contributed by atoms with Gasteiger partial charge >= 0.3 is 0 Å². The number of rotatable bonds is 3. The molecule has 100 valence electrons. The van der Waals surface area contributed by atoms with Crippen molar-refractivity contribution in [3.63, 3.8) is 0 Å². The second-order valence-electron chi connectivity index (χ2n) is 5.87. The third-order valence-electron chi connectivity index (χ3n) is 3.69. The zero-order chi connectivity index (χ0) is 13.5. The molecule has 1 aromatic carbocycles. The molecule has 18 heavy (non-hydrogen) atoms. The first kappa shape index (κ1) is 13.2. The van der Waals surface area contributed by atoms with Crippen molar-refractivity contribution in [2.24, 2.45) is 0 Å². The second-order valence-corrected chi connectivity index (χ2v) is 5.87. The average molecular weight is 249 g/mol. The van der Waals surface area contributed by atoms with Crippen LogP contribution in [0.5, 0.6) is 5.75 Å². The van der Waals surface area contributed by atoms with Crippen molar-refractivity contribution in [3.8, 4) is 5.75 Å². The molecule has 0 saturated carbocycles. The Hall–Kier alpha value is -1.22. The lowest BCUT2D eigenvalue weighted by Gasteiger charge is -2.38. The number of aliphatic hydroxyl groups is 1. The SMILES string of the molecule is COc1ccc2c(c1)CC(C(C)(C)O)N2C(C)C. The van der Waals surface area contributed by atoms with E-state index < -0.39 is 5.60 Å². The van der Waals surface area contributed by atoms with Crippen molar-refractivity contribution in [1.82, 2.24) is 0 Å². The fraction of sp³-hybridized carbons (Fsp3) is 0.600. The van der Waals surface area contributed by atoms with E-state index in [1.165, 1.54) is 11.3 Å². The summed E-state index contributed by atoms with van der Waals surface area (Å²) in [4.78, 5) is 2.31. The van der Waals surface area contributed by atoms with Gasteiger partial charge in [0.25, 0.3) is 0 Å². The maximum Gasteiger partial charge on any atom is 0.119 e. The Kier molecular flexibility index (Phi) is 3.28. The van der Waals surface area contributed by atoms with E-state index in [2.05, 4.69) is 30.9 Å². The lowest BCUT2D eigenvalue weighted by molar-refractivity contribution is 0.0498. The van der Waals surface area contributed by atoms with Gasteiger partial charge in [-0.05, 0) is 57.9 Å². The molecule has 0 spiro atoms. The quantitative estimate of drug-likeness (QED) is 0.893. The summed E-state index contributed by atoms with van der Waals surface area (Å²) in [5.41, 5.74) is 1.77. The maximum absolute atomic E-state index is 10.4. The van der Waals surface area contributed by atoms with Gasteiger partial charge in [-0.1, -0.05) is 0 Å². The van der Waals surface area contributed by atoms with Crippen molar-refractivity contribution in [2.75, 3.05) is 12.0 Å². The highest BCUT2D eigenvalue weighted by atomic mass is 16.5. The largest absolute Gasteiger partial charge is 0.497 e. The fourth-order valence-electron chi connectivity index (χ4n) is 2.81. The summed E-state index contributed by atoms with van der Waals surface area (Å²) in [6.07, 6.45) is 0.869. The Morgan fingerprint density at radius 3 is 2.56 bits per heavy atom. The van der Waals surface area contributed by atoms with Gasteiger partial charge in [0.1, 0.15) is 5.75 Å². The van der Waals surface area contributed by atoms with Crippen LogP contribution in [0.15, 0.2) is 18.2 Å². The predicted octanol–water partition coefficient (Wildman–Crippen LogP) is 2.61. The number of nitrogens with zero attached hydrogens (tertiary/aromatic N) is 1. The highest BCUT2D eigenvalue weighted by Gasteiger charge is 2.39. The van der Waals surface area contributed by atoms with Gasteiger partial charge in [-0.3, -0.25) is 0 Å².